The van der Waals surface area contributed by atoms with Gasteiger partial charge in [0.25, 0.3) is 0 Å². The average molecular weight is 270 g/mol. The minimum absolute atomic E-state index is 0.767. The van der Waals surface area contributed by atoms with Gasteiger partial charge in [0, 0.05) is 6.04 Å². The Balaban J connectivity index is 3.09. The predicted octanol–water partition coefficient (Wildman–Crippen LogP) is 6.08. The highest BCUT2D eigenvalue weighted by Gasteiger charge is 2.02. The molecule has 0 heterocycles. The van der Waals surface area contributed by atoms with Crippen LogP contribution in [0.5, 0.6) is 0 Å². The molecule has 0 aromatic carbocycles. The van der Waals surface area contributed by atoms with Gasteiger partial charge < -0.3 is 5.32 Å². The molecule has 0 aliphatic rings. The molecule has 1 atom stereocenters. The molecule has 0 radical (unpaired) electrons. The number of unbranched alkanes of at least 4 members (excludes halogenated alkanes) is 10. The van der Waals surface area contributed by atoms with Crippen LogP contribution in [0.2, 0.25) is 0 Å². The van der Waals surface area contributed by atoms with E-state index in [1.807, 2.05) is 0 Å². The van der Waals surface area contributed by atoms with E-state index in [4.69, 9.17) is 0 Å². The SMILES string of the molecule is CCCCCCCCCCCCCC(CC)NCC. The van der Waals surface area contributed by atoms with Crippen LogP contribution in [0.4, 0.5) is 0 Å². The number of rotatable bonds is 15. The van der Waals surface area contributed by atoms with Gasteiger partial charge >= 0.3 is 0 Å². The summed E-state index contributed by atoms with van der Waals surface area (Å²) in [5, 5.41) is 3.57. The van der Waals surface area contributed by atoms with Gasteiger partial charge in [-0.2, -0.15) is 0 Å². The molecular weight excluding hydrogens is 230 g/mol. The summed E-state index contributed by atoms with van der Waals surface area (Å²) in [6, 6.07) is 0.767. The molecule has 1 unspecified atom stereocenters. The monoisotopic (exact) mass is 269 g/mol. The van der Waals surface area contributed by atoms with Crippen molar-refractivity contribution in [2.45, 2.75) is 110 Å². The van der Waals surface area contributed by atoms with Crippen molar-refractivity contribution in [1.29, 1.82) is 0 Å². The Labute approximate surface area is 122 Å². The topological polar surface area (TPSA) is 12.0 Å². The zero-order valence-electron chi connectivity index (χ0n) is 14.0. The zero-order valence-corrected chi connectivity index (χ0v) is 14.0. The van der Waals surface area contributed by atoms with E-state index in [1.165, 1.54) is 83.5 Å². The van der Waals surface area contributed by atoms with Gasteiger partial charge in [-0.1, -0.05) is 91.4 Å². The second-order valence-corrected chi connectivity index (χ2v) is 5.99. The molecule has 0 spiro atoms. The maximum Gasteiger partial charge on any atom is 0.00643 e. The van der Waals surface area contributed by atoms with Gasteiger partial charge in [0.2, 0.25) is 0 Å². The molecule has 1 N–H and O–H groups in total. The maximum absolute atomic E-state index is 3.57. The molecule has 0 saturated carbocycles. The molecule has 0 fully saturated rings. The highest BCUT2D eigenvalue weighted by molar-refractivity contribution is 4.63. The molecule has 0 aliphatic heterocycles. The Bertz CT molecular complexity index is 156. The summed E-state index contributed by atoms with van der Waals surface area (Å²) in [5.74, 6) is 0. The second kappa shape index (κ2) is 16.0. The molecule has 0 aliphatic carbocycles. The Morgan fingerprint density at radius 3 is 1.53 bits per heavy atom. The summed E-state index contributed by atoms with van der Waals surface area (Å²) < 4.78 is 0. The lowest BCUT2D eigenvalue weighted by atomic mass is 10.0. The highest BCUT2D eigenvalue weighted by atomic mass is 14.9. The fourth-order valence-corrected chi connectivity index (χ4v) is 2.79. The van der Waals surface area contributed by atoms with Gasteiger partial charge in [0.05, 0.1) is 0 Å². The summed E-state index contributed by atoms with van der Waals surface area (Å²) in [5.41, 5.74) is 0. The second-order valence-electron chi connectivity index (χ2n) is 5.99. The maximum atomic E-state index is 3.57. The normalized spacial score (nSPS) is 12.8. The van der Waals surface area contributed by atoms with Crippen molar-refractivity contribution in [2.24, 2.45) is 0 Å². The fraction of sp³-hybridized carbons (Fsp3) is 1.00. The lowest BCUT2D eigenvalue weighted by Gasteiger charge is -2.15. The Morgan fingerprint density at radius 2 is 1.11 bits per heavy atom. The quantitative estimate of drug-likeness (QED) is 0.355. The first-order valence-corrected chi connectivity index (χ1v) is 9.08. The molecule has 0 saturated heterocycles. The van der Waals surface area contributed by atoms with Crippen molar-refractivity contribution in [2.75, 3.05) is 6.54 Å². The molecule has 0 amide bonds. The number of hydrogen-bond donors (Lipinski definition) is 1. The lowest BCUT2D eigenvalue weighted by Crippen LogP contribution is -2.27. The zero-order chi connectivity index (χ0) is 14.2. The molecule has 0 rings (SSSR count). The first kappa shape index (κ1) is 19.0. The van der Waals surface area contributed by atoms with E-state index >= 15 is 0 Å². The van der Waals surface area contributed by atoms with Crippen LogP contribution in [0.25, 0.3) is 0 Å². The van der Waals surface area contributed by atoms with E-state index < -0.39 is 0 Å². The Kier molecular flexibility index (Phi) is 16.0. The van der Waals surface area contributed by atoms with E-state index in [0.717, 1.165) is 12.6 Å². The number of nitrogens with one attached hydrogen (secondary N) is 1. The van der Waals surface area contributed by atoms with E-state index in [-0.39, 0.29) is 0 Å². The van der Waals surface area contributed by atoms with Crippen LogP contribution in [0.1, 0.15) is 104 Å². The minimum atomic E-state index is 0.767. The van der Waals surface area contributed by atoms with Crippen LogP contribution in [0.3, 0.4) is 0 Å². The van der Waals surface area contributed by atoms with E-state index in [2.05, 4.69) is 26.1 Å². The summed E-state index contributed by atoms with van der Waals surface area (Å²) in [6.45, 7) is 7.92. The van der Waals surface area contributed by atoms with Gasteiger partial charge in [-0.3, -0.25) is 0 Å². The summed E-state index contributed by atoms with van der Waals surface area (Å²) in [7, 11) is 0. The van der Waals surface area contributed by atoms with Crippen LogP contribution < -0.4 is 5.32 Å². The van der Waals surface area contributed by atoms with Crippen LogP contribution >= 0.6 is 0 Å². The highest BCUT2D eigenvalue weighted by Crippen LogP contribution is 2.13. The van der Waals surface area contributed by atoms with Gasteiger partial charge in [-0.05, 0) is 19.4 Å². The molecule has 0 aromatic heterocycles. The van der Waals surface area contributed by atoms with Crippen molar-refractivity contribution in [3.8, 4) is 0 Å². The first-order valence-electron chi connectivity index (χ1n) is 9.08. The summed E-state index contributed by atoms with van der Waals surface area (Å²) >= 11 is 0. The molecule has 19 heavy (non-hydrogen) atoms. The van der Waals surface area contributed by atoms with E-state index in [1.54, 1.807) is 0 Å². The summed E-state index contributed by atoms with van der Waals surface area (Å²) in [4.78, 5) is 0. The third-order valence-corrected chi connectivity index (χ3v) is 4.14. The molecular formula is C18H39N. The van der Waals surface area contributed by atoms with Crippen molar-refractivity contribution in [3.05, 3.63) is 0 Å². The minimum Gasteiger partial charge on any atom is -0.314 e. The van der Waals surface area contributed by atoms with Gasteiger partial charge in [0.1, 0.15) is 0 Å². The first-order chi connectivity index (χ1) is 9.35. The third-order valence-electron chi connectivity index (χ3n) is 4.14. The van der Waals surface area contributed by atoms with E-state index in [9.17, 15) is 0 Å². The molecule has 1 nitrogen and oxygen atoms in total. The third kappa shape index (κ3) is 14.2. The average Bonchev–Trinajstić information content (AvgIpc) is 2.43. The molecule has 0 bridgehead atoms. The van der Waals surface area contributed by atoms with Gasteiger partial charge in [-0.15, -0.1) is 0 Å². The predicted molar refractivity (Wildman–Crippen MR) is 88.8 cm³/mol. The summed E-state index contributed by atoms with van der Waals surface area (Å²) in [6.07, 6.45) is 18.6. The Morgan fingerprint density at radius 1 is 0.632 bits per heavy atom. The van der Waals surface area contributed by atoms with E-state index in [0.29, 0.717) is 0 Å². The Hall–Kier alpha value is -0.0400. The van der Waals surface area contributed by atoms with Crippen molar-refractivity contribution >= 4 is 0 Å². The van der Waals surface area contributed by atoms with Crippen molar-refractivity contribution in [3.63, 3.8) is 0 Å². The largest absolute Gasteiger partial charge is 0.314 e. The van der Waals surface area contributed by atoms with Crippen LogP contribution in [0, 0.1) is 0 Å². The van der Waals surface area contributed by atoms with Crippen molar-refractivity contribution in [1.82, 2.24) is 5.32 Å². The smallest absolute Gasteiger partial charge is 0.00643 e. The standard InChI is InChI=1S/C18H39N/c1-4-7-8-9-10-11-12-13-14-15-16-17-18(5-2)19-6-3/h18-19H,4-17H2,1-3H3. The van der Waals surface area contributed by atoms with Crippen LogP contribution in [-0.4, -0.2) is 12.6 Å². The fourth-order valence-electron chi connectivity index (χ4n) is 2.79. The van der Waals surface area contributed by atoms with Gasteiger partial charge in [-0.25, -0.2) is 0 Å². The molecule has 0 aromatic rings. The molecule has 116 valence electrons. The van der Waals surface area contributed by atoms with Crippen LogP contribution in [-0.2, 0) is 0 Å². The van der Waals surface area contributed by atoms with Gasteiger partial charge in [0.15, 0.2) is 0 Å². The van der Waals surface area contributed by atoms with Crippen LogP contribution in [0.15, 0.2) is 0 Å². The lowest BCUT2D eigenvalue weighted by molar-refractivity contribution is 0.450. The number of hydrogen-bond acceptors (Lipinski definition) is 1. The molecule has 1 heteroatoms. The van der Waals surface area contributed by atoms with Crippen molar-refractivity contribution < 1.29 is 0 Å².